The Hall–Kier alpha value is -0.600. The van der Waals surface area contributed by atoms with Gasteiger partial charge in [0.25, 0.3) is 0 Å². The Labute approximate surface area is 107 Å². The van der Waals surface area contributed by atoms with Gasteiger partial charge in [-0.1, -0.05) is 30.5 Å². The minimum atomic E-state index is -0.339. The number of benzene rings is 1. The zero-order valence-corrected chi connectivity index (χ0v) is 11.0. The van der Waals surface area contributed by atoms with Gasteiger partial charge in [-0.3, -0.25) is 0 Å². The molecule has 1 heterocycles. The van der Waals surface area contributed by atoms with Gasteiger partial charge in [0, 0.05) is 5.54 Å². The first-order valence-electron chi connectivity index (χ1n) is 6.28. The van der Waals surface area contributed by atoms with E-state index in [0.29, 0.717) is 0 Å². The Morgan fingerprint density at radius 1 is 1.35 bits per heavy atom. The molecule has 17 heavy (non-hydrogen) atoms. The average Bonchev–Trinajstić information content (AvgIpc) is 2.49. The Morgan fingerprint density at radius 2 is 2.18 bits per heavy atom. The molecular formula is C14H19ClFN. The van der Waals surface area contributed by atoms with E-state index in [1.165, 1.54) is 31.7 Å². The zero-order chi connectivity index (χ0) is 12.3. The predicted molar refractivity (Wildman–Crippen MR) is 70.0 cm³/mol. The van der Waals surface area contributed by atoms with Gasteiger partial charge >= 0.3 is 0 Å². The zero-order valence-electron chi connectivity index (χ0n) is 10.2. The van der Waals surface area contributed by atoms with Crippen LogP contribution in [-0.4, -0.2) is 12.1 Å². The topological polar surface area (TPSA) is 12.0 Å². The van der Waals surface area contributed by atoms with Crippen LogP contribution in [0.5, 0.6) is 0 Å². The fourth-order valence-corrected chi connectivity index (χ4v) is 2.75. The monoisotopic (exact) mass is 255 g/mol. The van der Waals surface area contributed by atoms with E-state index >= 15 is 0 Å². The first-order chi connectivity index (χ1) is 8.09. The van der Waals surface area contributed by atoms with Crippen LogP contribution in [0.1, 0.15) is 38.2 Å². The molecule has 1 N–H and O–H groups in total. The fraction of sp³-hybridized carbons (Fsp3) is 0.571. The van der Waals surface area contributed by atoms with E-state index in [-0.39, 0.29) is 16.4 Å². The number of halogens is 2. The van der Waals surface area contributed by atoms with E-state index in [2.05, 4.69) is 12.2 Å². The summed E-state index contributed by atoms with van der Waals surface area (Å²) in [5.41, 5.74) is 1.23. The molecular weight excluding hydrogens is 237 g/mol. The summed E-state index contributed by atoms with van der Waals surface area (Å²) in [6.07, 6.45) is 5.89. The Kier molecular flexibility index (Phi) is 4.05. The summed E-state index contributed by atoms with van der Waals surface area (Å²) < 4.78 is 13.1. The van der Waals surface area contributed by atoms with Gasteiger partial charge in [0.2, 0.25) is 0 Å². The maximum Gasteiger partial charge on any atom is 0.141 e. The first-order valence-corrected chi connectivity index (χ1v) is 6.66. The van der Waals surface area contributed by atoms with Gasteiger partial charge in [-0.15, -0.1) is 0 Å². The maximum atomic E-state index is 13.1. The highest BCUT2D eigenvalue weighted by atomic mass is 35.5. The molecule has 0 saturated carbocycles. The highest BCUT2D eigenvalue weighted by molar-refractivity contribution is 6.30. The number of hydrogen-bond donors (Lipinski definition) is 1. The third-order valence-electron chi connectivity index (χ3n) is 3.54. The minimum absolute atomic E-state index is 0.123. The molecule has 0 spiro atoms. The van der Waals surface area contributed by atoms with Crippen molar-refractivity contribution in [2.45, 2.75) is 44.6 Å². The molecule has 3 heteroatoms. The van der Waals surface area contributed by atoms with Gasteiger partial charge in [-0.2, -0.15) is 0 Å². The summed E-state index contributed by atoms with van der Waals surface area (Å²) in [5.74, 6) is -0.339. The molecule has 0 bridgehead atoms. The lowest BCUT2D eigenvalue weighted by molar-refractivity contribution is 0.345. The van der Waals surface area contributed by atoms with Crippen LogP contribution in [0.3, 0.4) is 0 Å². The van der Waals surface area contributed by atoms with Crippen LogP contribution in [0, 0.1) is 5.82 Å². The second-order valence-corrected chi connectivity index (χ2v) is 5.63. The summed E-state index contributed by atoms with van der Waals surface area (Å²) in [4.78, 5) is 0. The highest BCUT2D eigenvalue weighted by Gasteiger charge is 2.25. The van der Waals surface area contributed by atoms with Gasteiger partial charge in [0.15, 0.2) is 0 Å². The molecule has 94 valence electrons. The van der Waals surface area contributed by atoms with Crippen molar-refractivity contribution in [3.05, 3.63) is 34.6 Å². The van der Waals surface area contributed by atoms with Crippen LogP contribution in [0.15, 0.2) is 18.2 Å². The molecule has 0 radical (unpaired) electrons. The molecule has 1 nitrogen and oxygen atoms in total. The van der Waals surface area contributed by atoms with Crippen LogP contribution in [-0.2, 0) is 6.42 Å². The van der Waals surface area contributed by atoms with E-state index in [0.717, 1.165) is 18.5 Å². The molecule has 1 aliphatic rings. The van der Waals surface area contributed by atoms with Gasteiger partial charge in [-0.25, -0.2) is 4.39 Å². The Balaban J connectivity index is 2.10. The summed E-state index contributed by atoms with van der Waals surface area (Å²) in [6, 6.07) is 5.03. The summed E-state index contributed by atoms with van der Waals surface area (Å²) in [5, 5.41) is 3.83. The van der Waals surface area contributed by atoms with Crippen LogP contribution in [0.25, 0.3) is 0 Å². The standard InChI is InChI=1S/C14H19ClFN/c1-14(7-3-2-4-8-17-14)10-11-5-6-13(16)12(15)9-11/h5-6,9,17H,2-4,7-8,10H2,1H3. The van der Waals surface area contributed by atoms with Crippen molar-refractivity contribution in [1.29, 1.82) is 0 Å². The fourth-order valence-electron chi connectivity index (χ4n) is 2.55. The van der Waals surface area contributed by atoms with E-state index in [9.17, 15) is 4.39 Å². The molecule has 1 aliphatic heterocycles. The van der Waals surface area contributed by atoms with Crippen LogP contribution >= 0.6 is 11.6 Å². The molecule has 2 rings (SSSR count). The van der Waals surface area contributed by atoms with Gasteiger partial charge in [0.1, 0.15) is 5.82 Å². The van der Waals surface area contributed by atoms with Crippen molar-refractivity contribution < 1.29 is 4.39 Å². The minimum Gasteiger partial charge on any atom is -0.311 e. The van der Waals surface area contributed by atoms with E-state index in [4.69, 9.17) is 11.6 Å². The summed E-state index contributed by atoms with van der Waals surface area (Å²) in [6.45, 7) is 3.32. The first kappa shape index (κ1) is 12.8. The quantitative estimate of drug-likeness (QED) is 0.844. The molecule has 0 amide bonds. The van der Waals surface area contributed by atoms with Crippen molar-refractivity contribution in [3.8, 4) is 0 Å². The Morgan fingerprint density at radius 3 is 2.94 bits per heavy atom. The number of nitrogens with one attached hydrogen (secondary N) is 1. The van der Waals surface area contributed by atoms with E-state index in [1.54, 1.807) is 6.07 Å². The van der Waals surface area contributed by atoms with Crippen molar-refractivity contribution in [2.75, 3.05) is 6.54 Å². The van der Waals surface area contributed by atoms with Gasteiger partial charge < -0.3 is 5.32 Å². The smallest absolute Gasteiger partial charge is 0.141 e. The van der Waals surface area contributed by atoms with Crippen LogP contribution in [0.2, 0.25) is 5.02 Å². The van der Waals surface area contributed by atoms with Crippen molar-refractivity contribution in [1.82, 2.24) is 5.32 Å². The molecule has 1 aromatic rings. The van der Waals surface area contributed by atoms with Crippen molar-refractivity contribution in [2.24, 2.45) is 0 Å². The Bertz CT molecular complexity index is 384. The highest BCUT2D eigenvalue weighted by Crippen LogP contribution is 2.25. The molecule has 1 aromatic carbocycles. The summed E-state index contributed by atoms with van der Waals surface area (Å²) >= 11 is 5.81. The van der Waals surface area contributed by atoms with Crippen LogP contribution in [0.4, 0.5) is 4.39 Å². The molecule has 0 aliphatic carbocycles. The third-order valence-corrected chi connectivity index (χ3v) is 3.83. The molecule has 1 atom stereocenters. The molecule has 1 saturated heterocycles. The molecule has 1 unspecified atom stereocenters. The number of hydrogen-bond acceptors (Lipinski definition) is 1. The SMILES string of the molecule is CC1(Cc2ccc(F)c(Cl)c2)CCCCCN1. The molecule has 1 fully saturated rings. The predicted octanol–water partition coefficient (Wildman–Crippen LogP) is 3.94. The lowest BCUT2D eigenvalue weighted by atomic mass is 9.88. The second kappa shape index (κ2) is 5.36. The summed E-state index contributed by atoms with van der Waals surface area (Å²) in [7, 11) is 0. The lowest BCUT2D eigenvalue weighted by Crippen LogP contribution is -2.43. The second-order valence-electron chi connectivity index (χ2n) is 5.22. The van der Waals surface area contributed by atoms with E-state index in [1.807, 2.05) is 6.07 Å². The van der Waals surface area contributed by atoms with Gasteiger partial charge in [-0.05, 0) is 50.4 Å². The number of rotatable bonds is 2. The van der Waals surface area contributed by atoms with Crippen molar-refractivity contribution in [3.63, 3.8) is 0 Å². The van der Waals surface area contributed by atoms with E-state index < -0.39 is 0 Å². The maximum absolute atomic E-state index is 13.1. The largest absolute Gasteiger partial charge is 0.311 e. The van der Waals surface area contributed by atoms with Crippen LogP contribution < -0.4 is 5.32 Å². The molecule has 0 aromatic heterocycles. The average molecular weight is 256 g/mol. The van der Waals surface area contributed by atoms with Crippen molar-refractivity contribution >= 4 is 11.6 Å². The normalized spacial score (nSPS) is 25.6. The third kappa shape index (κ3) is 3.43. The lowest BCUT2D eigenvalue weighted by Gasteiger charge is -2.29. The van der Waals surface area contributed by atoms with Gasteiger partial charge in [0.05, 0.1) is 5.02 Å².